The molecule has 5 amide bonds. The molecule has 1 saturated heterocycles. The Bertz CT molecular complexity index is 1020. The highest BCUT2D eigenvalue weighted by Crippen LogP contribution is 2.16. The molecule has 0 radical (unpaired) electrons. The third kappa shape index (κ3) is 10.6. The van der Waals surface area contributed by atoms with E-state index >= 15 is 0 Å². The van der Waals surface area contributed by atoms with Crippen molar-refractivity contribution in [3.8, 4) is 0 Å². The quantitative estimate of drug-likeness (QED) is 0.122. The van der Waals surface area contributed by atoms with Crippen molar-refractivity contribution in [1.29, 1.82) is 0 Å². The standard InChI is InChI=1S/C25H38N6O7S/c1-4-5-7-26-19(32)12-16(21(33)15-6-8-28-22(15)34)29-23(35)17(11-14(2)3)30-24(36)18(31-25(37)38)13-20-27-9-10-39-20/h9-10,14-18,31H,4-8,11-13H2,1-3H3,(H,26,32)(H,28,34)(H,29,35)(H,30,36)(H,37,38)/t15-,16-,17-,18-/m0/s1. The van der Waals surface area contributed by atoms with E-state index in [4.69, 9.17) is 0 Å². The van der Waals surface area contributed by atoms with Crippen LogP contribution in [0.5, 0.6) is 0 Å². The summed E-state index contributed by atoms with van der Waals surface area (Å²) in [6.45, 7) is 6.37. The molecule has 6 N–H and O–H groups in total. The van der Waals surface area contributed by atoms with Crippen LogP contribution in [0.3, 0.4) is 0 Å². The minimum atomic E-state index is -1.41. The zero-order chi connectivity index (χ0) is 28.9. The molecule has 0 aromatic carbocycles. The minimum absolute atomic E-state index is 0.0123. The molecule has 0 spiro atoms. The van der Waals surface area contributed by atoms with Crippen LogP contribution in [0.1, 0.15) is 57.9 Å². The first-order chi connectivity index (χ1) is 18.5. The molecule has 39 heavy (non-hydrogen) atoms. The van der Waals surface area contributed by atoms with E-state index in [2.05, 4.69) is 31.6 Å². The molecule has 1 aliphatic rings. The Hall–Kier alpha value is -3.55. The van der Waals surface area contributed by atoms with E-state index in [1.54, 1.807) is 5.38 Å². The highest BCUT2D eigenvalue weighted by molar-refractivity contribution is 7.09. The number of unbranched alkanes of at least 4 members (excludes halogenated alkanes) is 1. The molecule has 2 rings (SSSR count). The second kappa shape index (κ2) is 15.8. The number of nitrogens with zero attached hydrogens (tertiary/aromatic N) is 1. The lowest BCUT2D eigenvalue weighted by Gasteiger charge is -2.26. The smallest absolute Gasteiger partial charge is 0.405 e. The van der Waals surface area contributed by atoms with Crippen LogP contribution in [0.25, 0.3) is 0 Å². The molecule has 0 saturated carbocycles. The van der Waals surface area contributed by atoms with Crippen molar-refractivity contribution in [2.75, 3.05) is 13.1 Å². The topological polar surface area (TPSA) is 196 Å². The van der Waals surface area contributed by atoms with Gasteiger partial charge in [-0.2, -0.15) is 0 Å². The summed E-state index contributed by atoms with van der Waals surface area (Å²) in [5.41, 5.74) is 0. The number of ketones is 1. The first-order valence-corrected chi connectivity index (χ1v) is 14.0. The summed E-state index contributed by atoms with van der Waals surface area (Å²) in [5, 5.41) is 24.1. The van der Waals surface area contributed by atoms with Crippen LogP contribution in [0.4, 0.5) is 4.79 Å². The Balaban J connectivity index is 2.20. The maximum atomic E-state index is 13.4. The van der Waals surface area contributed by atoms with Crippen LogP contribution in [-0.2, 0) is 30.4 Å². The highest BCUT2D eigenvalue weighted by Gasteiger charge is 2.38. The van der Waals surface area contributed by atoms with Crippen LogP contribution < -0.4 is 26.6 Å². The van der Waals surface area contributed by atoms with Gasteiger partial charge in [0.05, 0.1) is 17.5 Å². The number of hydrogen-bond acceptors (Lipinski definition) is 8. The van der Waals surface area contributed by atoms with Crippen molar-refractivity contribution in [2.45, 2.75) is 77.4 Å². The molecule has 13 nitrogen and oxygen atoms in total. The summed E-state index contributed by atoms with van der Waals surface area (Å²) in [5.74, 6) is -3.96. The number of carboxylic acid groups (broad SMARTS) is 1. The predicted molar refractivity (Wildman–Crippen MR) is 143 cm³/mol. The first kappa shape index (κ1) is 31.7. The average Bonchev–Trinajstić information content (AvgIpc) is 3.53. The van der Waals surface area contributed by atoms with Crippen LogP contribution in [0, 0.1) is 11.8 Å². The molecule has 4 atom stereocenters. The molecule has 1 aliphatic heterocycles. The highest BCUT2D eigenvalue weighted by atomic mass is 32.1. The second-order valence-electron chi connectivity index (χ2n) is 9.83. The molecule has 0 bridgehead atoms. The lowest BCUT2D eigenvalue weighted by Crippen LogP contribution is -2.57. The summed E-state index contributed by atoms with van der Waals surface area (Å²) in [7, 11) is 0. The summed E-state index contributed by atoms with van der Waals surface area (Å²) < 4.78 is 0. The fraction of sp³-hybridized carbons (Fsp3) is 0.640. The summed E-state index contributed by atoms with van der Waals surface area (Å²) in [6, 6.07) is -3.61. The Labute approximate surface area is 231 Å². The molecule has 216 valence electrons. The zero-order valence-electron chi connectivity index (χ0n) is 22.5. The van der Waals surface area contributed by atoms with Gasteiger partial charge in [-0.05, 0) is 25.2 Å². The van der Waals surface area contributed by atoms with E-state index in [0.29, 0.717) is 18.1 Å². The molecular formula is C25H38N6O7S. The molecule has 1 aromatic rings. The number of carbonyl (C=O) groups excluding carboxylic acids is 5. The van der Waals surface area contributed by atoms with Gasteiger partial charge >= 0.3 is 6.09 Å². The van der Waals surface area contributed by atoms with E-state index in [0.717, 1.165) is 12.8 Å². The molecule has 2 heterocycles. The molecular weight excluding hydrogens is 528 g/mol. The van der Waals surface area contributed by atoms with Crippen LogP contribution in [0.15, 0.2) is 11.6 Å². The van der Waals surface area contributed by atoms with E-state index in [1.807, 2.05) is 20.8 Å². The monoisotopic (exact) mass is 566 g/mol. The van der Waals surface area contributed by atoms with Crippen molar-refractivity contribution in [3.05, 3.63) is 16.6 Å². The van der Waals surface area contributed by atoms with E-state index in [9.17, 15) is 33.9 Å². The van der Waals surface area contributed by atoms with Gasteiger partial charge in [-0.25, -0.2) is 9.78 Å². The largest absolute Gasteiger partial charge is 0.465 e. The van der Waals surface area contributed by atoms with E-state index < -0.39 is 59.5 Å². The van der Waals surface area contributed by atoms with Gasteiger partial charge in [-0.3, -0.25) is 24.0 Å². The molecule has 1 aromatic heterocycles. The van der Waals surface area contributed by atoms with Crippen LogP contribution in [-0.4, -0.2) is 76.8 Å². The molecule has 0 aliphatic carbocycles. The van der Waals surface area contributed by atoms with Crippen molar-refractivity contribution in [2.24, 2.45) is 11.8 Å². The Morgan fingerprint density at radius 3 is 2.36 bits per heavy atom. The Morgan fingerprint density at radius 1 is 1.10 bits per heavy atom. The molecule has 0 unspecified atom stereocenters. The van der Waals surface area contributed by atoms with Gasteiger partial charge in [-0.1, -0.05) is 27.2 Å². The van der Waals surface area contributed by atoms with Crippen molar-refractivity contribution in [1.82, 2.24) is 31.6 Å². The number of thiazole rings is 1. The number of hydrogen-bond donors (Lipinski definition) is 6. The van der Waals surface area contributed by atoms with Gasteiger partial charge < -0.3 is 31.7 Å². The fourth-order valence-electron chi connectivity index (χ4n) is 4.13. The Kier molecular flexibility index (Phi) is 12.8. The van der Waals surface area contributed by atoms with Crippen LogP contribution >= 0.6 is 11.3 Å². The summed E-state index contributed by atoms with van der Waals surface area (Å²) in [6.07, 6.45) is 1.80. The molecule has 14 heteroatoms. The van der Waals surface area contributed by atoms with Gasteiger partial charge in [0.15, 0.2) is 5.78 Å². The number of carbonyl (C=O) groups is 6. The Morgan fingerprint density at radius 2 is 1.79 bits per heavy atom. The summed E-state index contributed by atoms with van der Waals surface area (Å²) in [4.78, 5) is 79.7. The zero-order valence-corrected chi connectivity index (χ0v) is 23.3. The number of Topliss-reactive ketones (excluding diaryl/α,β-unsaturated/α-hetero) is 1. The van der Waals surface area contributed by atoms with E-state index in [1.165, 1.54) is 17.5 Å². The van der Waals surface area contributed by atoms with Crippen molar-refractivity contribution >= 4 is 46.8 Å². The second-order valence-corrected chi connectivity index (χ2v) is 10.8. The van der Waals surface area contributed by atoms with Gasteiger partial charge in [-0.15, -0.1) is 11.3 Å². The lowest BCUT2D eigenvalue weighted by molar-refractivity contribution is -0.138. The van der Waals surface area contributed by atoms with Gasteiger partial charge in [0.25, 0.3) is 0 Å². The van der Waals surface area contributed by atoms with Gasteiger partial charge in [0.1, 0.15) is 18.0 Å². The maximum absolute atomic E-state index is 13.4. The molecule has 1 fully saturated rings. The normalized spacial score (nSPS) is 17.0. The lowest BCUT2D eigenvalue weighted by atomic mass is 9.93. The number of amides is 5. The van der Waals surface area contributed by atoms with Crippen molar-refractivity contribution < 1.29 is 33.9 Å². The van der Waals surface area contributed by atoms with Crippen LogP contribution in [0.2, 0.25) is 0 Å². The summed E-state index contributed by atoms with van der Waals surface area (Å²) >= 11 is 1.26. The minimum Gasteiger partial charge on any atom is -0.465 e. The number of rotatable bonds is 16. The third-order valence-electron chi connectivity index (χ3n) is 6.11. The van der Waals surface area contributed by atoms with Crippen molar-refractivity contribution in [3.63, 3.8) is 0 Å². The van der Waals surface area contributed by atoms with Gasteiger partial charge in [0.2, 0.25) is 23.6 Å². The number of nitrogens with one attached hydrogen (secondary N) is 5. The third-order valence-corrected chi connectivity index (χ3v) is 6.91. The van der Waals surface area contributed by atoms with Gasteiger partial charge in [0, 0.05) is 31.1 Å². The SMILES string of the molecule is CCCCNC(=O)C[C@H](NC(=O)[C@H](CC(C)C)NC(=O)[C@H](Cc1nccs1)NC(=O)O)C(=O)[C@@H]1CCNC1=O. The van der Waals surface area contributed by atoms with E-state index in [-0.39, 0.29) is 31.6 Å². The maximum Gasteiger partial charge on any atom is 0.405 e. The predicted octanol–water partition coefficient (Wildman–Crippen LogP) is 0.349. The first-order valence-electron chi connectivity index (χ1n) is 13.1. The fourth-order valence-corrected chi connectivity index (χ4v) is 4.79. The average molecular weight is 567 g/mol. The number of aromatic nitrogens is 1.